The minimum absolute atomic E-state index is 0.0123. The molecule has 2 rings (SSSR count). The Morgan fingerprint density at radius 2 is 1.91 bits per heavy atom. The van der Waals surface area contributed by atoms with E-state index in [2.05, 4.69) is 15.7 Å². The molecule has 1 aromatic carbocycles. The van der Waals surface area contributed by atoms with Gasteiger partial charge >= 0.3 is 0 Å². The average Bonchev–Trinajstić information content (AvgIpc) is 3.01. The zero-order valence-corrected chi connectivity index (χ0v) is 13.7. The van der Waals surface area contributed by atoms with Gasteiger partial charge in [0.05, 0.1) is 11.9 Å². The molecule has 23 heavy (non-hydrogen) atoms. The van der Waals surface area contributed by atoms with E-state index in [9.17, 15) is 9.59 Å². The predicted octanol–water partition coefficient (Wildman–Crippen LogP) is 2.04. The third kappa shape index (κ3) is 4.67. The number of benzene rings is 1. The first-order valence-electron chi connectivity index (χ1n) is 7.71. The van der Waals surface area contributed by atoms with Crippen molar-refractivity contribution in [2.75, 3.05) is 0 Å². The maximum Gasteiger partial charge on any atom is 0.251 e. The number of hydrogen-bond acceptors (Lipinski definition) is 3. The van der Waals surface area contributed by atoms with Crippen LogP contribution in [-0.2, 0) is 11.3 Å². The van der Waals surface area contributed by atoms with Crippen molar-refractivity contribution in [3.63, 3.8) is 0 Å². The van der Waals surface area contributed by atoms with E-state index >= 15 is 0 Å². The molecule has 0 spiro atoms. The van der Waals surface area contributed by atoms with Crippen molar-refractivity contribution in [3.05, 3.63) is 47.8 Å². The molecule has 0 aliphatic heterocycles. The van der Waals surface area contributed by atoms with E-state index in [1.165, 1.54) is 0 Å². The molecule has 2 aromatic rings. The van der Waals surface area contributed by atoms with E-state index in [0.717, 1.165) is 11.3 Å². The molecule has 0 saturated heterocycles. The predicted molar refractivity (Wildman–Crippen MR) is 88.3 cm³/mol. The van der Waals surface area contributed by atoms with Gasteiger partial charge in [-0.05, 0) is 38.1 Å². The average molecular weight is 314 g/mol. The van der Waals surface area contributed by atoms with Gasteiger partial charge in [0.25, 0.3) is 5.91 Å². The molecule has 6 heteroatoms. The van der Waals surface area contributed by atoms with Crippen molar-refractivity contribution < 1.29 is 9.59 Å². The Bertz CT molecular complexity index is 674. The van der Waals surface area contributed by atoms with E-state index in [-0.39, 0.29) is 17.9 Å². The lowest BCUT2D eigenvalue weighted by Crippen LogP contribution is -2.29. The van der Waals surface area contributed by atoms with Gasteiger partial charge in [-0.25, -0.2) is 4.68 Å². The summed E-state index contributed by atoms with van der Waals surface area (Å²) in [5.41, 5.74) is 2.40. The minimum atomic E-state index is -0.0880. The number of aromatic nitrogens is 2. The molecule has 0 saturated carbocycles. The van der Waals surface area contributed by atoms with Crippen molar-refractivity contribution in [1.29, 1.82) is 0 Å². The van der Waals surface area contributed by atoms with Crippen molar-refractivity contribution in [2.45, 2.75) is 39.8 Å². The second-order valence-corrected chi connectivity index (χ2v) is 5.60. The van der Waals surface area contributed by atoms with Crippen LogP contribution in [0.4, 0.5) is 0 Å². The van der Waals surface area contributed by atoms with Crippen LogP contribution in [0.2, 0.25) is 0 Å². The molecule has 0 unspecified atom stereocenters. The van der Waals surface area contributed by atoms with Crippen LogP contribution in [-0.4, -0.2) is 27.6 Å². The van der Waals surface area contributed by atoms with Crippen molar-refractivity contribution >= 4 is 11.8 Å². The van der Waals surface area contributed by atoms with Crippen LogP contribution in [0, 0.1) is 0 Å². The number of amides is 2. The van der Waals surface area contributed by atoms with Crippen molar-refractivity contribution in [1.82, 2.24) is 20.4 Å². The number of nitrogens with one attached hydrogen (secondary N) is 2. The molecule has 0 aliphatic carbocycles. The van der Waals surface area contributed by atoms with Gasteiger partial charge in [-0.2, -0.15) is 5.10 Å². The number of carbonyl (C=O) groups is 2. The molecule has 0 atom stereocenters. The molecule has 0 radical (unpaired) electrons. The highest BCUT2D eigenvalue weighted by atomic mass is 16.2. The summed E-state index contributed by atoms with van der Waals surface area (Å²) in [7, 11) is 0. The normalized spacial score (nSPS) is 10.6. The number of rotatable bonds is 6. The summed E-state index contributed by atoms with van der Waals surface area (Å²) in [6.07, 6.45) is 4.04. The van der Waals surface area contributed by atoms with Gasteiger partial charge in [-0.3, -0.25) is 9.59 Å². The number of carbonyl (C=O) groups excluding carboxylic acids is 2. The standard InChI is InChI=1S/C17H22N4O2/c1-4-16(22)18-9-13-10-19-21(11-13)15-7-5-14(6-8-15)17(23)20-12(2)3/h5-8,10-12H,4,9H2,1-3H3,(H,18,22)(H,20,23). The van der Waals surface area contributed by atoms with Crippen LogP contribution < -0.4 is 10.6 Å². The van der Waals surface area contributed by atoms with Gasteiger partial charge in [0.15, 0.2) is 0 Å². The molecule has 0 bridgehead atoms. The molecule has 0 aliphatic rings. The Morgan fingerprint density at radius 3 is 2.52 bits per heavy atom. The van der Waals surface area contributed by atoms with E-state index in [0.29, 0.717) is 18.5 Å². The Morgan fingerprint density at radius 1 is 1.22 bits per heavy atom. The molecule has 6 nitrogen and oxygen atoms in total. The van der Waals surface area contributed by atoms with Gasteiger partial charge in [0.1, 0.15) is 0 Å². The van der Waals surface area contributed by atoms with Gasteiger partial charge in [0.2, 0.25) is 5.91 Å². The molecule has 122 valence electrons. The van der Waals surface area contributed by atoms with E-state index in [1.807, 2.05) is 39.1 Å². The van der Waals surface area contributed by atoms with Gasteiger partial charge in [-0.1, -0.05) is 6.92 Å². The van der Waals surface area contributed by atoms with Crippen molar-refractivity contribution in [2.24, 2.45) is 0 Å². The Hall–Kier alpha value is -2.63. The van der Waals surface area contributed by atoms with Crippen molar-refractivity contribution in [3.8, 4) is 5.69 Å². The third-order valence-electron chi connectivity index (χ3n) is 3.26. The monoisotopic (exact) mass is 314 g/mol. The lowest BCUT2D eigenvalue weighted by molar-refractivity contribution is -0.120. The second kappa shape index (κ2) is 7.58. The summed E-state index contributed by atoms with van der Waals surface area (Å²) >= 11 is 0. The fourth-order valence-electron chi connectivity index (χ4n) is 2.03. The lowest BCUT2D eigenvalue weighted by atomic mass is 10.2. The fourth-order valence-corrected chi connectivity index (χ4v) is 2.03. The summed E-state index contributed by atoms with van der Waals surface area (Å²) < 4.78 is 1.72. The lowest BCUT2D eigenvalue weighted by Gasteiger charge is -2.08. The second-order valence-electron chi connectivity index (χ2n) is 5.60. The van der Waals surface area contributed by atoms with Crippen LogP contribution in [0.15, 0.2) is 36.7 Å². The summed E-state index contributed by atoms with van der Waals surface area (Å²) in [4.78, 5) is 23.2. The van der Waals surface area contributed by atoms with Gasteiger partial charge < -0.3 is 10.6 Å². The fraction of sp³-hybridized carbons (Fsp3) is 0.353. The Balaban J connectivity index is 2.03. The first kappa shape index (κ1) is 16.7. The highest BCUT2D eigenvalue weighted by Gasteiger charge is 2.08. The molecular weight excluding hydrogens is 292 g/mol. The Kier molecular flexibility index (Phi) is 5.51. The topological polar surface area (TPSA) is 76.0 Å². The maximum absolute atomic E-state index is 11.9. The summed E-state index contributed by atoms with van der Waals surface area (Å²) in [5, 5.41) is 9.94. The molecule has 1 aromatic heterocycles. The number of nitrogens with zero attached hydrogens (tertiary/aromatic N) is 2. The third-order valence-corrected chi connectivity index (χ3v) is 3.26. The highest BCUT2D eigenvalue weighted by molar-refractivity contribution is 5.94. The first-order valence-corrected chi connectivity index (χ1v) is 7.71. The minimum Gasteiger partial charge on any atom is -0.352 e. The largest absolute Gasteiger partial charge is 0.352 e. The number of hydrogen-bond donors (Lipinski definition) is 2. The molecule has 1 heterocycles. The zero-order chi connectivity index (χ0) is 16.8. The van der Waals surface area contributed by atoms with E-state index in [1.54, 1.807) is 23.0 Å². The quantitative estimate of drug-likeness (QED) is 0.856. The van der Waals surface area contributed by atoms with Crippen LogP contribution in [0.3, 0.4) is 0 Å². The van der Waals surface area contributed by atoms with E-state index in [4.69, 9.17) is 0 Å². The molecule has 2 N–H and O–H groups in total. The molecular formula is C17H22N4O2. The summed E-state index contributed by atoms with van der Waals surface area (Å²) in [5.74, 6) is -0.0757. The van der Waals surface area contributed by atoms with Crippen LogP contribution in [0.5, 0.6) is 0 Å². The van der Waals surface area contributed by atoms with Gasteiger partial charge in [0, 0.05) is 36.3 Å². The molecule has 2 amide bonds. The summed E-state index contributed by atoms with van der Waals surface area (Å²) in [6.45, 7) is 6.13. The van der Waals surface area contributed by atoms with Gasteiger partial charge in [-0.15, -0.1) is 0 Å². The van der Waals surface area contributed by atoms with E-state index < -0.39 is 0 Å². The SMILES string of the molecule is CCC(=O)NCc1cnn(-c2ccc(C(=O)NC(C)C)cc2)c1. The highest BCUT2D eigenvalue weighted by Crippen LogP contribution is 2.10. The van der Waals surface area contributed by atoms with Crippen LogP contribution in [0.1, 0.15) is 43.1 Å². The Labute approximate surface area is 135 Å². The zero-order valence-electron chi connectivity index (χ0n) is 13.7. The molecule has 0 fully saturated rings. The summed E-state index contributed by atoms with van der Waals surface area (Å²) in [6, 6.07) is 7.34. The van der Waals surface area contributed by atoms with Crippen LogP contribution >= 0.6 is 0 Å². The smallest absolute Gasteiger partial charge is 0.251 e. The maximum atomic E-state index is 11.9. The first-order chi connectivity index (χ1) is 11.0. The van der Waals surface area contributed by atoms with Crippen LogP contribution in [0.25, 0.3) is 5.69 Å².